The summed E-state index contributed by atoms with van der Waals surface area (Å²) in [5.74, 6) is 1.11. The summed E-state index contributed by atoms with van der Waals surface area (Å²) in [5, 5.41) is 3.39. The normalized spacial score (nSPS) is 20.3. The van der Waals surface area contributed by atoms with Gasteiger partial charge in [0.15, 0.2) is 0 Å². The van der Waals surface area contributed by atoms with Gasteiger partial charge >= 0.3 is 6.18 Å². The van der Waals surface area contributed by atoms with Crippen LogP contribution in [0.2, 0.25) is 0 Å². The SMILES string of the molecule is CN(C)c1ccc([C@@H]2CCNC[C@H]2COc2ccc(C(F)(F)F)cc2)cc1. The number of benzene rings is 2. The molecule has 0 bridgehead atoms. The number of ether oxygens (including phenoxy) is 1. The molecule has 2 atom stereocenters. The molecule has 1 aliphatic heterocycles. The second kappa shape index (κ2) is 8.21. The summed E-state index contributed by atoms with van der Waals surface area (Å²) >= 11 is 0. The number of rotatable bonds is 5. The van der Waals surface area contributed by atoms with Gasteiger partial charge in [-0.25, -0.2) is 0 Å². The van der Waals surface area contributed by atoms with Crippen LogP contribution in [0.25, 0.3) is 0 Å². The van der Waals surface area contributed by atoms with Crippen LogP contribution in [0.5, 0.6) is 5.75 Å². The maximum absolute atomic E-state index is 12.7. The highest BCUT2D eigenvalue weighted by molar-refractivity contribution is 5.46. The Morgan fingerprint density at radius 2 is 1.70 bits per heavy atom. The first-order valence-electron chi connectivity index (χ1n) is 9.12. The van der Waals surface area contributed by atoms with Crippen LogP contribution in [0, 0.1) is 5.92 Å². The van der Waals surface area contributed by atoms with Crippen LogP contribution in [0.1, 0.15) is 23.5 Å². The van der Waals surface area contributed by atoms with Crippen LogP contribution >= 0.6 is 0 Å². The predicted octanol–water partition coefficient (Wildman–Crippen LogP) is 4.54. The Morgan fingerprint density at radius 1 is 1.04 bits per heavy atom. The summed E-state index contributed by atoms with van der Waals surface area (Å²) in [4.78, 5) is 2.07. The molecule has 1 heterocycles. The minimum absolute atomic E-state index is 0.270. The molecule has 2 aromatic carbocycles. The van der Waals surface area contributed by atoms with E-state index in [4.69, 9.17) is 4.74 Å². The third kappa shape index (κ3) is 4.95. The van der Waals surface area contributed by atoms with Gasteiger partial charge in [0.1, 0.15) is 5.75 Å². The molecule has 0 unspecified atom stereocenters. The summed E-state index contributed by atoms with van der Waals surface area (Å²) in [5.41, 5.74) is 1.78. The average Bonchev–Trinajstić information content (AvgIpc) is 2.66. The minimum Gasteiger partial charge on any atom is -0.493 e. The summed E-state index contributed by atoms with van der Waals surface area (Å²) in [6.07, 6.45) is -3.31. The lowest BCUT2D eigenvalue weighted by atomic mass is 9.81. The molecule has 1 saturated heterocycles. The lowest BCUT2D eigenvalue weighted by Gasteiger charge is -2.32. The Labute approximate surface area is 158 Å². The van der Waals surface area contributed by atoms with Crippen molar-refractivity contribution in [1.82, 2.24) is 5.32 Å². The van der Waals surface area contributed by atoms with E-state index in [9.17, 15) is 13.2 Å². The van der Waals surface area contributed by atoms with Crippen molar-refractivity contribution in [3.63, 3.8) is 0 Å². The average molecular weight is 378 g/mol. The molecule has 1 aliphatic rings. The molecule has 0 spiro atoms. The third-order valence-corrected chi connectivity index (χ3v) is 5.09. The summed E-state index contributed by atoms with van der Waals surface area (Å²) in [6.45, 7) is 2.26. The molecule has 3 rings (SSSR count). The monoisotopic (exact) mass is 378 g/mol. The van der Waals surface area contributed by atoms with Crippen LogP contribution in [-0.4, -0.2) is 33.8 Å². The number of piperidine rings is 1. The van der Waals surface area contributed by atoms with E-state index in [0.717, 1.165) is 37.3 Å². The number of nitrogens with one attached hydrogen (secondary N) is 1. The molecule has 0 aromatic heterocycles. The van der Waals surface area contributed by atoms with Gasteiger partial charge < -0.3 is 15.0 Å². The predicted molar refractivity (Wildman–Crippen MR) is 101 cm³/mol. The number of anilines is 1. The first-order chi connectivity index (χ1) is 12.8. The molecule has 6 heteroatoms. The zero-order valence-corrected chi connectivity index (χ0v) is 15.6. The van der Waals surface area contributed by atoms with Gasteiger partial charge in [-0.1, -0.05) is 12.1 Å². The van der Waals surface area contributed by atoms with Crippen molar-refractivity contribution in [2.45, 2.75) is 18.5 Å². The van der Waals surface area contributed by atoms with Crippen molar-refractivity contribution in [3.05, 3.63) is 59.7 Å². The van der Waals surface area contributed by atoms with Crippen molar-refractivity contribution < 1.29 is 17.9 Å². The molecule has 2 aromatic rings. The van der Waals surface area contributed by atoms with E-state index in [1.54, 1.807) is 0 Å². The molecule has 0 saturated carbocycles. The fourth-order valence-electron chi connectivity index (χ4n) is 3.50. The Hall–Kier alpha value is -2.21. The molecule has 1 fully saturated rings. The highest BCUT2D eigenvalue weighted by atomic mass is 19.4. The number of hydrogen-bond donors (Lipinski definition) is 1. The van der Waals surface area contributed by atoms with E-state index in [1.807, 2.05) is 14.1 Å². The van der Waals surface area contributed by atoms with E-state index in [2.05, 4.69) is 34.5 Å². The molecule has 3 nitrogen and oxygen atoms in total. The fourth-order valence-corrected chi connectivity index (χ4v) is 3.50. The van der Waals surface area contributed by atoms with Gasteiger partial charge in [-0.15, -0.1) is 0 Å². The highest BCUT2D eigenvalue weighted by Gasteiger charge is 2.30. The van der Waals surface area contributed by atoms with Gasteiger partial charge in [0.2, 0.25) is 0 Å². The van der Waals surface area contributed by atoms with E-state index in [-0.39, 0.29) is 5.92 Å². The standard InChI is InChI=1S/C21H25F3N2O/c1-26(2)18-7-3-15(4-8-18)20-11-12-25-13-16(20)14-27-19-9-5-17(6-10-19)21(22,23)24/h3-10,16,20,25H,11-14H2,1-2H3/t16-,20-/m0/s1. The van der Waals surface area contributed by atoms with Gasteiger partial charge in [-0.05, 0) is 60.8 Å². The summed E-state index contributed by atoms with van der Waals surface area (Å²) < 4.78 is 43.8. The maximum Gasteiger partial charge on any atom is 0.416 e. The highest BCUT2D eigenvalue weighted by Crippen LogP contribution is 2.33. The summed E-state index contributed by atoms with van der Waals surface area (Å²) in [6, 6.07) is 13.5. The maximum atomic E-state index is 12.7. The second-order valence-corrected chi connectivity index (χ2v) is 7.18. The van der Waals surface area contributed by atoms with Gasteiger partial charge in [-0.3, -0.25) is 0 Å². The van der Waals surface area contributed by atoms with Crippen molar-refractivity contribution in [2.75, 3.05) is 38.7 Å². The first-order valence-corrected chi connectivity index (χ1v) is 9.12. The third-order valence-electron chi connectivity index (χ3n) is 5.09. The first kappa shape index (κ1) is 19.5. The molecule has 1 N–H and O–H groups in total. The minimum atomic E-state index is -4.32. The van der Waals surface area contributed by atoms with Crippen molar-refractivity contribution in [1.29, 1.82) is 0 Å². The Bertz CT molecular complexity index is 727. The molecule has 0 amide bonds. The molecular formula is C21H25F3N2O. The lowest BCUT2D eigenvalue weighted by Crippen LogP contribution is -2.38. The van der Waals surface area contributed by atoms with Gasteiger partial charge in [0.05, 0.1) is 12.2 Å². The van der Waals surface area contributed by atoms with Crippen LogP contribution < -0.4 is 15.0 Å². The van der Waals surface area contributed by atoms with E-state index in [1.165, 1.54) is 17.7 Å². The topological polar surface area (TPSA) is 24.5 Å². The summed E-state index contributed by atoms with van der Waals surface area (Å²) in [7, 11) is 4.03. The number of nitrogens with zero attached hydrogens (tertiary/aromatic N) is 1. The zero-order chi connectivity index (χ0) is 19.4. The van der Waals surface area contributed by atoms with E-state index < -0.39 is 11.7 Å². The number of hydrogen-bond acceptors (Lipinski definition) is 3. The van der Waals surface area contributed by atoms with Gasteiger partial charge in [0, 0.05) is 32.2 Å². The Morgan fingerprint density at radius 3 is 2.30 bits per heavy atom. The van der Waals surface area contributed by atoms with Crippen LogP contribution in [-0.2, 0) is 6.18 Å². The van der Waals surface area contributed by atoms with Crippen molar-refractivity contribution >= 4 is 5.69 Å². The van der Waals surface area contributed by atoms with Crippen LogP contribution in [0.3, 0.4) is 0 Å². The molecule has 27 heavy (non-hydrogen) atoms. The van der Waals surface area contributed by atoms with Gasteiger partial charge in [-0.2, -0.15) is 13.2 Å². The quantitative estimate of drug-likeness (QED) is 0.827. The molecular weight excluding hydrogens is 353 g/mol. The Balaban J connectivity index is 1.65. The van der Waals surface area contributed by atoms with E-state index >= 15 is 0 Å². The largest absolute Gasteiger partial charge is 0.493 e. The zero-order valence-electron chi connectivity index (χ0n) is 15.6. The second-order valence-electron chi connectivity index (χ2n) is 7.18. The van der Waals surface area contributed by atoms with E-state index in [0.29, 0.717) is 18.3 Å². The molecule has 0 radical (unpaired) electrons. The number of alkyl halides is 3. The van der Waals surface area contributed by atoms with Crippen LogP contribution in [0.15, 0.2) is 48.5 Å². The lowest BCUT2D eigenvalue weighted by molar-refractivity contribution is -0.137. The van der Waals surface area contributed by atoms with Crippen molar-refractivity contribution in [3.8, 4) is 5.75 Å². The van der Waals surface area contributed by atoms with Crippen LogP contribution in [0.4, 0.5) is 18.9 Å². The molecule has 0 aliphatic carbocycles. The number of halogens is 3. The Kier molecular flexibility index (Phi) is 5.95. The fraction of sp³-hybridized carbons (Fsp3) is 0.429. The smallest absolute Gasteiger partial charge is 0.416 e. The van der Waals surface area contributed by atoms with Crippen molar-refractivity contribution in [2.24, 2.45) is 5.92 Å². The van der Waals surface area contributed by atoms with Gasteiger partial charge in [0.25, 0.3) is 0 Å². The molecule has 146 valence electrons.